The smallest absolute Gasteiger partial charge is 0.358 e. The van der Waals surface area contributed by atoms with Gasteiger partial charge in [-0.15, -0.1) is 9.90 Å². The topological polar surface area (TPSA) is 68.0 Å². The van der Waals surface area contributed by atoms with E-state index in [1.807, 2.05) is 42.5 Å². The fraction of sp³-hybridized carbons (Fsp3) is 0.0714. The van der Waals surface area contributed by atoms with Crippen molar-refractivity contribution >= 4 is 16.7 Å². The molecule has 1 heterocycles. The first-order chi connectivity index (χ1) is 9.16. The molecule has 0 bridgehead atoms. The number of carboxylic acid groups (broad SMARTS) is 1. The number of aryl methyl sites for hydroxylation is 1. The third-order valence-corrected chi connectivity index (χ3v) is 2.97. The van der Waals surface area contributed by atoms with E-state index in [0.717, 1.165) is 16.5 Å². The Morgan fingerprint density at radius 2 is 1.84 bits per heavy atom. The first kappa shape index (κ1) is 11.4. The average Bonchev–Trinajstić information content (AvgIpc) is 2.80. The number of hydrogen-bond donors (Lipinski definition) is 1. The van der Waals surface area contributed by atoms with Gasteiger partial charge in [0.05, 0.1) is 11.4 Å². The first-order valence-electron chi connectivity index (χ1n) is 5.82. The molecule has 0 aliphatic carbocycles. The van der Waals surface area contributed by atoms with Crippen molar-refractivity contribution in [2.45, 2.75) is 6.92 Å². The lowest BCUT2D eigenvalue weighted by molar-refractivity contribution is 0.0689. The molecular formula is C14H11N3O2. The molecule has 0 spiro atoms. The van der Waals surface area contributed by atoms with Gasteiger partial charge in [0.2, 0.25) is 0 Å². The second-order valence-corrected chi connectivity index (χ2v) is 4.23. The molecule has 0 atom stereocenters. The van der Waals surface area contributed by atoms with E-state index in [2.05, 4.69) is 10.2 Å². The van der Waals surface area contributed by atoms with Crippen molar-refractivity contribution in [3.8, 4) is 5.69 Å². The zero-order valence-corrected chi connectivity index (χ0v) is 10.2. The maximum Gasteiger partial charge on any atom is 0.358 e. The van der Waals surface area contributed by atoms with Gasteiger partial charge < -0.3 is 5.11 Å². The van der Waals surface area contributed by atoms with Crippen LogP contribution in [-0.2, 0) is 0 Å². The van der Waals surface area contributed by atoms with Crippen molar-refractivity contribution in [1.82, 2.24) is 15.0 Å². The summed E-state index contributed by atoms with van der Waals surface area (Å²) >= 11 is 0. The molecule has 5 nitrogen and oxygen atoms in total. The second-order valence-electron chi connectivity index (χ2n) is 4.23. The largest absolute Gasteiger partial charge is 0.476 e. The Bertz CT molecular complexity index is 772. The van der Waals surface area contributed by atoms with Crippen molar-refractivity contribution in [3.05, 3.63) is 53.9 Å². The Balaban J connectivity index is 2.25. The number of aromatic carboxylic acids is 1. The van der Waals surface area contributed by atoms with Gasteiger partial charge in [0.25, 0.3) is 0 Å². The van der Waals surface area contributed by atoms with Gasteiger partial charge >= 0.3 is 5.97 Å². The van der Waals surface area contributed by atoms with Crippen LogP contribution in [0.4, 0.5) is 0 Å². The minimum atomic E-state index is -1.07. The quantitative estimate of drug-likeness (QED) is 0.761. The van der Waals surface area contributed by atoms with Gasteiger partial charge in [-0.25, -0.2) is 4.79 Å². The Labute approximate surface area is 109 Å². The van der Waals surface area contributed by atoms with Gasteiger partial charge in [-0.2, -0.15) is 5.10 Å². The highest BCUT2D eigenvalue weighted by Gasteiger charge is 2.15. The standard InChI is InChI=1S/C14H11N3O2/c1-9-13(14(18)19)16-17(15-9)12-8-4-6-10-5-2-3-7-11(10)12/h2-8H,1H3,(H,18,19). The van der Waals surface area contributed by atoms with Crippen molar-refractivity contribution in [3.63, 3.8) is 0 Å². The molecule has 0 aliphatic heterocycles. The molecule has 19 heavy (non-hydrogen) atoms. The minimum Gasteiger partial charge on any atom is -0.476 e. The van der Waals surface area contributed by atoms with Gasteiger partial charge in [0.15, 0.2) is 5.69 Å². The fourth-order valence-electron chi connectivity index (χ4n) is 2.07. The van der Waals surface area contributed by atoms with Crippen LogP contribution in [0, 0.1) is 6.92 Å². The molecule has 0 fully saturated rings. The predicted molar refractivity (Wildman–Crippen MR) is 70.6 cm³/mol. The number of aromatic nitrogens is 3. The zero-order chi connectivity index (χ0) is 13.4. The zero-order valence-electron chi connectivity index (χ0n) is 10.2. The highest BCUT2D eigenvalue weighted by molar-refractivity contribution is 5.90. The SMILES string of the molecule is Cc1nn(-c2cccc3ccccc23)nc1C(=O)O. The van der Waals surface area contributed by atoms with E-state index < -0.39 is 5.97 Å². The normalized spacial score (nSPS) is 10.8. The summed E-state index contributed by atoms with van der Waals surface area (Å²) < 4.78 is 0. The summed E-state index contributed by atoms with van der Waals surface area (Å²) in [4.78, 5) is 12.4. The Morgan fingerprint density at radius 1 is 1.11 bits per heavy atom. The van der Waals surface area contributed by atoms with E-state index in [-0.39, 0.29) is 5.69 Å². The van der Waals surface area contributed by atoms with Crippen molar-refractivity contribution < 1.29 is 9.90 Å². The molecule has 0 saturated heterocycles. The molecule has 3 aromatic rings. The molecule has 2 aromatic carbocycles. The van der Waals surface area contributed by atoms with Crippen LogP contribution in [0.25, 0.3) is 16.5 Å². The number of rotatable bonds is 2. The van der Waals surface area contributed by atoms with E-state index in [1.165, 1.54) is 4.80 Å². The number of carbonyl (C=O) groups is 1. The molecule has 1 aromatic heterocycles. The summed E-state index contributed by atoms with van der Waals surface area (Å²) in [6.45, 7) is 1.64. The van der Waals surface area contributed by atoms with E-state index in [9.17, 15) is 4.79 Å². The van der Waals surface area contributed by atoms with Crippen LogP contribution >= 0.6 is 0 Å². The third-order valence-electron chi connectivity index (χ3n) is 2.97. The van der Waals surface area contributed by atoms with Crippen LogP contribution in [0.3, 0.4) is 0 Å². The lowest BCUT2D eigenvalue weighted by Crippen LogP contribution is -2.02. The highest BCUT2D eigenvalue weighted by atomic mass is 16.4. The number of nitrogens with zero attached hydrogens (tertiary/aromatic N) is 3. The van der Waals surface area contributed by atoms with Gasteiger partial charge in [0, 0.05) is 5.39 Å². The van der Waals surface area contributed by atoms with Crippen LogP contribution < -0.4 is 0 Å². The average molecular weight is 253 g/mol. The Hall–Kier alpha value is -2.69. The first-order valence-corrected chi connectivity index (χ1v) is 5.82. The lowest BCUT2D eigenvalue weighted by atomic mass is 10.1. The van der Waals surface area contributed by atoms with Crippen LogP contribution in [0.2, 0.25) is 0 Å². The van der Waals surface area contributed by atoms with Crippen LogP contribution in [0.5, 0.6) is 0 Å². The second kappa shape index (κ2) is 4.20. The molecule has 1 N–H and O–H groups in total. The maximum atomic E-state index is 11.0. The van der Waals surface area contributed by atoms with Crippen LogP contribution in [-0.4, -0.2) is 26.1 Å². The summed E-state index contributed by atoms with van der Waals surface area (Å²) in [6.07, 6.45) is 0. The van der Waals surface area contributed by atoms with Crippen molar-refractivity contribution in [2.24, 2.45) is 0 Å². The highest BCUT2D eigenvalue weighted by Crippen LogP contribution is 2.21. The number of hydrogen-bond acceptors (Lipinski definition) is 3. The third kappa shape index (κ3) is 1.85. The van der Waals surface area contributed by atoms with E-state index >= 15 is 0 Å². The molecule has 0 unspecified atom stereocenters. The maximum absolute atomic E-state index is 11.0. The molecule has 0 aliphatic rings. The number of benzene rings is 2. The minimum absolute atomic E-state index is 0.0204. The molecule has 94 valence electrons. The monoisotopic (exact) mass is 253 g/mol. The van der Waals surface area contributed by atoms with Crippen molar-refractivity contribution in [2.75, 3.05) is 0 Å². The van der Waals surface area contributed by atoms with Crippen LogP contribution in [0.15, 0.2) is 42.5 Å². The predicted octanol–water partition coefficient (Wildman–Crippen LogP) is 2.43. The van der Waals surface area contributed by atoms with Gasteiger partial charge in [-0.05, 0) is 18.4 Å². The van der Waals surface area contributed by atoms with Crippen LogP contribution in [0.1, 0.15) is 16.2 Å². The summed E-state index contributed by atoms with van der Waals surface area (Å²) in [5.74, 6) is -1.07. The summed E-state index contributed by atoms with van der Waals surface area (Å²) in [5, 5.41) is 19.3. The van der Waals surface area contributed by atoms with Gasteiger partial charge in [0.1, 0.15) is 0 Å². The lowest BCUT2D eigenvalue weighted by Gasteiger charge is -2.04. The van der Waals surface area contributed by atoms with Gasteiger partial charge in [-0.3, -0.25) is 0 Å². The molecule has 3 rings (SSSR count). The fourth-order valence-corrected chi connectivity index (χ4v) is 2.07. The Morgan fingerprint density at radius 3 is 2.58 bits per heavy atom. The van der Waals surface area contributed by atoms with E-state index in [0.29, 0.717) is 5.69 Å². The van der Waals surface area contributed by atoms with E-state index in [1.54, 1.807) is 6.92 Å². The number of carboxylic acids is 1. The summed E-state index contributed by atoms with van der Waals surface area (Å²) in [7, 11) is 0. The summed E-state index contributed by atoms with van der Waals surface area (Å²) in [5.41, 5.74) is 1.15. The Kier molecular flexibility index (Phi) is 2.52. The van der Waals surface area contributed by atoms with E-state index in [4.69, 9.17) is 5.11 Å². The molecule has 0 amide bonds. The molecule has 0 saturated carbocycles. The molecular weight excluding hydrogens is 242 g/mol. The molecule has 0 radical (unpaired) electrons. The van der Waals surface area contributed by atoms with Crippen molar-refractivity contribution in [1.29, 1.82) is 0 Å². The van der Waals surface area contributed by atoms with Gasteiger partial charge in [-0.1, -0.05) is 36.4 Å². The number of fused-ring (bicyclic) bond motifs is 1. The molecule has 5 heteroatoms. The summed E-state index contributed by atoms with van der Waals surface area (Å²) in [6, 6.07) is 13.6.